The number of benzene rings is 1. The molecule has 0 saturated heterocycles. The zero-order chi connectivity index (χ0) is 19.5. The van der Waals surface area contributed by atoms with Crippen molar-refractivity contribution in [2.45, 2.75) is 47.1 Å². The number of nitrogens with one attached hydrogen (secondary N) is 1. The summed E-state index contributed by atoms with van der Waals surface area (Å²) < 4.78 is 1.85. The minimum absolute atomic E-state index is 0.0474. The van der Waals surface area contributed by atoms with E-state index in [2.05, 4.69) is 10.4 Å². The van der Waals surface area contributed by atoms with Crippen LogP contribution in [-0.4, -0.2) is 45.1 Å². The van der Waals surface area contributed by atoms with E-state index in [1.807, 2.05) is 64.4 Å². The van der Waals surface area contributed by atoms with E-state index in [1.54, 1.807) is 17.0 Å². The van der Waals surface area contributed by atoms with Crippen molar-refractivity contribution < 1.29 is 9.59 Å². The number of carbonyl (C=O) groups is 2. The third-order valence-electron chi connectivity index (χ3n) is 3.89. The molecule has 0 bridgehead atoms. The lowest BCUT2D eigenvalue weighted by Crippen LogP contribution is -2.47. The number of likely N-dealkylation sites (N-methyl/N-ethyl adjacent to an activating group) is 1. The molecule has 1 N–H and O–H groups in total. The Labute approximate surface area is 155 Å². The average molecular weight is 356 g/mol. The second kappa shape index (κ2) is 7.72. The molecule has 1 aromatic carbocycles. The largest absolute Gasteiger partial charge is 0.350 e. The number of amides is 2. The standard InChI is InChI=1S/C20H28N4O2/c1-7-23(13-18(25)21-20(4,5)6)19(26)16-8-10-17(11-9-16)24-15(3)12-14(2)22-24/h8-12H,7,13H2,1-6H3,(H,21,25). The molecular weight excluding hydrogens is 328 g/mol. The zero-order valence-electron chi connectivity index (χ0n) is 16.5. The summed E-state index contributed by atoms with van der Waals surface area (Å²) in [4.78, 5) is 26.4. The summed E-state index contributed by atoms with van der Waals surface area (Å²) in [5.74, 6) is -0.316. The van der Waals surface area contributed by atoms with Crippen molar-refractivity contribution in [2.75, 3.05) is 13.1 Å². The summed E-state index contributed by atoms with van der Waals surface area (Å²) in [6, 6.07) is 9.30. The van der Waals surface area contributed by atoms with Crippen LogP contribution in [0.25, 0.3) is 5.69 Å². The number of carbonyl (C=O) groups excluding carboxylic acids is 2. The third-order valence-corrected chi connectivity index (χ3v) is 3.89. The molecular formula is C20H28N4O2. The molecule has 0 atom stereocenters. The zero-order valence-corrected chi connectivity index (χ0v) is 16.5. The molecule has 2 rings (SSSR count). The lowest BCUT2D eigenvalue weighted by molar-refractivity contribution is -0.123. The van der Waals surface area contributed by atoms with Crippen molar-refractivity contribution in [3.8, 4) is 5.69 Å². The van der Waals surface area contributed by atoms with Gasteiger partial charge in [0.2, 0.25) is 5.91 Å². The van der Waals surface area contributed by atoms with Crippen LogP contribution < -0.4 is 5.32 Å². The fourth-order valence-electron chi connectivity index (χ4n) is 2.78. The van der Waals surface area contributed by atoms with E-state index in [-0.39, 0.29) is 23.9 Å². The SMILES string of the molecule is CCN(CC(=O)NC(C)(C)C)C(=O)c1ccc(-n2nc(C)cc2C)cc1. The topological polar surface area (TPSA) is 67.2 Å². The first-order valence-corrected chi connectivity index (χ1v) is 8.84. The van der Waals surface area contributed by atoms with Crippen LogP contribution in [0, 0.1) is 13.8 Å². The molecule has 0 aliphatic carbocycles. The highest BCUT2D eigenvalue weighted by atomic mass is 16.2. The van der Waals surface area contributed by atoms with Gasteiger partial charge in [0.15, 0.2) is 0 Å². The van der Waals surface area contributed by atoms with Gasteiger partial charge in [-0.25, -0.2) is 4.68 Å². The molecule has 6 nitrogen and oxygen atoms in total. The molecule has 6 heteroatoms. The second-order valence-electron chi connectivity index (χ2n) is 7.50. The van der Waals surface area contributed by atoms with E-state index in [1.165, 1.54) is 0 Å². The summed E-state index contributed by atoms with van der Waals surface area (Å²) in [5.41, 5.74) is 3.13. The number of hydrogen-bond donors (Lipinski definition) is 1. The Hall–Kier alpha value is -2.63. The lowest BCUT2D eigenvalue weighted by Gasteiger charge is -2.25. The first-order valence-electron chi connectivity index (χ1n) is 8.84. The maximum absolute atomic E-state index is 12.7. The summed E-state index contributed by atoms with van der Waals surface area (Å²) in [6.45, 7) is 12.1. The molecule has 2 aromatic rings. The fourth-order valence-corrected chi connectivity index (χ4v) is 2.78. The summed E-state index contributed by atoms with van der Waals surface area (Å²) >= 11 is 0. The molecule has 1 aromatic heterocycles. The van der Waals surface area contributed by atoms with E-state index in [0.717, 1.165) is 17.1 Å². The normalized spacial score (nSPS) is 11.3. The Balaban J connectivity index is 2.12. The van der Waals surface area contributed by atoms with E-state index >= 15 is 0 Å². The Morgan fingerprint density at radius 1 is 1.15 bits per heavy atom. The van der Waals surface area contributed by atoms with E-state index < -0.39 is 0 Å². The van der Waals surface area contributed by atoms with E-state index in [9.17, 15) is 9.59 Å². The van der Waals surface area contributed by atoms with Gasteiger partial charge in [-0.1, -0.05) is 0 Å². The van der Waals surface area contributed by atoms with Crippen molar-refractivity contribution >= 4 is 11.8 Å². The summed E-state index contributed by atoms with van der Waals surface area (Å²) in [6.07, 6.45) is 0. The molecule has 0 spiro atoms. The van der Waals surface area contributed by atoms with Crippen molar-refractivity contribution in [3.05, 3.63) is 47.3 Å². The molecule has 26 heavy (non-hydrogen) atoms. The molecule has 140 valence electrons. The van der Waals surface area contributed by atoms with Crippen LogP contribution in [0.15, 0.2) is 30.3 Å². The molecule has 0 unspecified atom stereocenters. The van der Waals surface area contributed by atoms with E-state index in [4.69, 9.17) is 0 Å². The highest BCUT2D eigenvalue weighted by Crippen LogP contribution is 2.14. The van der Waals surface area contributed by atoms with Gasteiger partial charge < -0.3 is 10.2 Å². The maximum Gasteiger partial charge on any atom is 0.254 e. The molecule has 0 saturated carbocycles. The fraction of sp³-hybridized carbons (Fsp3) is 0.450. The quantitative estimate of drug-likeness (QED) is 0.896. The smallest absolute Gasteiger partial charge is 0.254 e. The second-order valence-corrected chi connectivity index (χ2v) is 7.50. The summed E-state index contributed by atoms with van der Waals surface area (Å²) in [5, 5.41) is 7.33. The number of aryl methyl sites for hydroxylation is 2. The van der Waals surface area contributed by atoms with Gasteiger partial charge in [-0.3, -0.25) is 9.59 Å². The molecule has 0 aliphatic rings. The number of nitrogens with zero attached hydrogens (tertiary/aromatic N) is 3. The minimum atomic E-state index is -0.319. The molecule has 1 heterocycles. The van der Waals surface area contributed by atoms with Crippen LogP contribution in [0.4, 0.5) is 0 Å². The predicted octanol–water partition coefficient (Wildman–Crippen LogP) is 2.87. The van der Waals surface area contributed by atoms with Crippen molar-refractivity contribution in [2.24, 2.45) is 0 Å². The monoisotopic (exact) mass is 356 g/mol. The van der Waals surface area contributed by atoms with Crippen LogP contribution in [0.1, 0.15) is 49.4 Å². The Kier molecular flexibility index (Phi) is 5.85. The predicted molar refractivity (Wildman–Crippen MR) is 103 cm³/mol. The van der Waals surface area contributed by atoms with Crippen LogP contribution in [-0.2, 0) is 4.79 Å². The van der Waals surface area contributed by atoms with Crippen LogP contribution in [0.2, 0.25) is 0 Å². The molecule has 0 aliphatic heterocycles. The highest BCUT2D eigenvalue weighted by molar-refractivity contribution is 5.96. The Morgan fingerprint density at radius 2 is 1.77 bits per heavy atom. The third kappa shape index (κ3) is 4.94. The number of hydrogen-bond acceptors (Lipinski definition) is 3. The van der Waals surface area contributed by atoms with Gasteiger partial charge in [-0.2, -0.15) is 5.10 Å². The van der Waals surface area contributed by atoms with Gasteiger partial charge in [0, 0.05) is 23.3 Å². The Bertz CT molecular complexity index is 785. The lowest BCUT2D eigenvalue weighted by atomic mass is 10.1. The van der Waals surface area contributed by atoms with Crippen molar-refractivity contribution in [1.29, 1.82) is 0 Å². The highest BCUT2D eigenvalue weighted by Gasteiger charge is 2.20. The minimum Gasteiger partial charge on any atom is -0.350 e. The molecule has 2 amide bonds. The van der Waals surface area contributed by atoms with Gasteiger partial charge in [0.05, 0.1) is 17.9 Å². The summed E-state index contributed by atoms with van der Waals surface area (Å²) in [7, 11) is 0. The van der Waals surface area contributed by atoms with Gasteiger partial charge in [0.25, 0.3) is 5.91 Å². The average Bonchev–Trinajstić information content (AvgIpc) is 2.89. The van der Waals surface area contributed by atoms with Crippen LogP contribution in [0.3, 0.4) is 0 Å². The first-order chi connectivity index (χ1) is 12.1. The van der Waals surface area contributed by atoms with Crippen LogP contribution >= 0.6 is 0 Å². The van der Waals surface area contributed by atoms with Gasteiger partial charge >= 0.3 is 0 Å². The van der Waals surface area contributed by atoms with Gasteiger partial charge in [-0.15, -0.1) is 0 Å². The Morgan fingerprint density at radius 3 is 2.23 bits per heavy atom. The van der Waals surface area contributed by atoms with Crippen molar-refractivity contribution in [3.63, 3.8) is 0 Å². The maximum atomic E-state index is 12.7. The number of aromatic nitrogens is 2. The molecule has 0 radical (unpaired) electrons. The van der Waals surface area contributed by atoms with Gasteiger partial charge in [0.1, 0.15) is 0 Å². The number of rotatable bonds is 5. The van der Waals surface area contributed by atoms with E-state index in [0.29, 0.717) is 12.1 Å². The molecule has 0 fully saturated rings. The van der Waals surface area contributed by atoms with Crippen LogP contribution in [0.5, 0.6) is 0 Å². The van der Waals surface area contributed by atoms with Crippen molar-refractivity contribution in [1.82, 2.24) is 20.0 Å². The first kappa shape index (κ1) is 19.7. The van der Waals surface area contributed by atoms with Gasteiger partial charge in [-0.05, 0) is 71.9 Å².